The van der Waals surface area contributed by atoms with Crippen molar-refractivity contribution >= 4 is 16.7 Å². The Balaban J connectivity index is 2.45. The maximum absolute atomic E-state index is 11.5. The van der Waals surface area contributed by atoms with Crippen LogP contribution in [-0.2, 0) is 4.74 Å². The molecule has 0 spiro atoms. The van der Waals surface area contributed by atoms with Crippen molar-refractivity contribution < 1.29 is 9.53 Å². The van der Waals surface area contributed by atoms with E-state index in [1.54, 1.807) is 0 Å². The third-order valence-electron chi connectivity index (χ3n) is 3.47. The molecule has 0 amide bonds. The van der Waals surface area contributed by atoms with Gasteiger partial charge in [-0.1, -0.05) is 38.1 Å². The van der Waals surface area contributed by atoms with Gasteiger partial charge in [-0.3, -0.25) is 0 Å². The van der Waals surface area contributed by atoms with Gasteiger partial charge in [0.2, 0.25) is 0 Å². The predicted molar refractivity (Wildman–Crippen MR) is 74.0 cm³/mol. The Morgan fingerprint density at radius 3 is 2.50 bits per heavy atom. The third-order valence-corrected chi connectivity index (χ3v) is 3.47. The van der Waals surface area contributed by atoms with Crippen molar-refractivity contribution in [1.82, 2.24) is 0 Å². The maximum atomic E-state index is 11.5. The monoisotopic (exact) mass is 242 g/mol. The minimum atomic E-state index is -0.289. The molecule has 0 heterocycles. The normalized spacial score (nSPS) is 12.4. The predicted octanol–water partition coefficient (Wildman–Crippen LogP) is 4.14. The lowest BCUT2D eigenvalue weighted by atomic mass is 9.95. The smallest absolute Gasteiger partial charge is 0.337 e. The number of rotatable bonds is 3. The topological polar surface area (TPSA) is 26.3 Å². The lowest BCUT2D eigenvalue weighted by molar-refractivity contribution is 0.0601. The highest BCUT2D eigenvalue weighted by molar-refractivity contribution is 5.95. The first-order chi connectivity index (χ1) is 8.65. The summed E-state index contributed by atoms with van der Waals surface area (Å²) >= 11 is 0. The Morgan fingerprint density at radius 2 is 1.83 bits per heavy atom. The summed E-state index contributed by atoms with van der Waals surface area (Å²) in [6, 6.07) is 12.1. The second kappa shape index (κ2) is 5.21. The van der Waals surface area contributed by atoms with Crippen LogP contribution in [0.2, 0.25) is 0 Å². The Kier molecular flexibility index (Phi) is 3.66. The van der Waals surface area contributed by atoms with Crippen LogP contribution in [0.3, 0.4) is 0 Å². The van der Waals surface area contributed by atoms with Crippen LogP contribution < -0.4 is 0 Å². The fourth-order valence-electron chi connectivity index (χ4n) is 2.05. The molecular weight excluding hydrogens is 224 g/mol. The molecule has 18 heavy (non-hydrogen) atoms. The molecule has 2 nitrogen and oxygen atoms in total. The lowest BCUT2D eigenvalue weighted by Gasteiger charge is -2.10. The van der Waals surface area contributed by atoms with E-state index in [4.69, 9.17) is 4.74 Å². The van der Waals surface area contributed by atoms with Gasteiger partial charge in [-0.05, 0) is 40.8 Å². The van der Waals surface area contributed by atoms with E-state index in [-0.39, 0.29) is 5.97 Å². The highest BCUT2D eigenvalue weighted by Gasteiger charge is 2.07. The van der Waals surface area contributed by atoms with E-state index < -0.39 is 0 Å². The van der Waals surface area contributed by atoms with Crippen LogP contribution in [-0.4, -0.2) is 13.1 Å². The third kappa shape index (κ3) is 2.37. The van der Waals surface area contributed by atoms with Crippen LogP contribution in [0.15, 0.2) is 36.4 Å². The van der Waals surface area contributed by atoms with Gasteiger partial charge in [0.1, 0.15) is 0 Å². The first kappa shape index (κ1) is 12.6. The van der Waals surface area contributed by atoms with Crippen LogP contribution in [0, 0.1) is 0 Å². The molecule has 0 N–H and O–H groups in total. The number of carbonyl (C=O) groups excluding carboxylic acids is 1. The van der Waals surface area contributed by atoms with Crippen LogP contribution >= 0.6 is 0 Å². The number of carbonyl (C=O) groups is 1. The van der Waals surface area contributed by atoms with E-state index in [2.05, 4.69) is 32.0 Å². The van der Waals surface area contributed by atoms with E-state index in [1.165, 1.54) is 18.1 Å². The van der Waals surface area contributed by atoms with Crippen molar-refractivity contribution in [2.75, 3.05) is 7.11 Å². The first-order valence-electron chi connectivity index (χ1n) is 6.27. The molecule has 0 fully saturated rings. The van der Waals surface area contributed by atoms with Gasteiger partial charge in [0.05, 0.1) is 12.7 Å². The van der Waals surface area contributed by atoms with E-state index in [0.717, 1.165) is 11.8 Å². The zero-order valence-electron chi connectivity index (χ0n) is 11.1. The van der Waals surface area contributed by atoms with Crippen molar-refractivity contribution in [3.8, 4) is 0 Å². The minimum absolute atomic E-state index is 0.289. The standard InChI is InChI=1S/C16H18O2/c1-4-11(2)12-5-6-14-10-15(16(17)18-3)8-7-13(14)9-12/h5-11H,4H2,1-3H3. The summed E-state index contributed by atoms with van der Waals surface area (Å²) in [5.74, 6) is 0.276. The van der Waals surface area contributed by atoms with Crippen LogP contribution in [0.5, 0.6) is 0 Å². The summed E-state index contributed by atoms with van der Waals surface area (Å²) in [5, 5.41) is 2.24. The molecule has 2 heteroatoms. The number of methoxy groups -OCH3 is 1. The van der Waals surface area contributed by atoms with E-state index in [9.17, 15) is 4.79 Å². The van der Waals surface area contributed by atoms with Crippen molar-refractivity contribution in [3.05, 3.63) is 47.5 Å². The maximum Gasteiger partial charge on any atom is 0.337 e. The van der Waals surface area contributed by atoms with Gasteiger partial charge in [-0.25, -0.2) is 4.79 Å². The molecule has 94 valence electrons. The highest BCUT2D eigenvalue weighted by atomic mass is 16.5. The van der Waals surface area contributed by atoms with Gasteiger partial charge in [0.25, 0.3) is 0 Å². The number of ether oxygens (including phenoxy) is 1. The Morgan fingerprint density at radius 1 is 1.17 bits per heavy atom. The summed E-state index contributed by atoms with van der Waals surface area (Å²) in [7, 11) is 1.40. The van der Waals surface area contributed by atoms with Crippen LogP contribution in [0.4, 0.5) is 0 Å². The fourth-order valence-corrected chi connectivity index (χ4v) is 2.05. The second-order valence-electron chi connectivity index (χ2n) is 4.62. The van der Waals surface area contributed by atoms with Gasteiger partial charge >= 0.3 is 5.97 Å². The van der Waals surface area contributed by atoms with E-state index in [0.29, 0.717) is 11.5 Å². The van der Waals surface area contributed by atoms with Crippen molar-refractivity contribution in [2.45, 2.75) is 26.2 Å². The quantitative estimate of drug-likeness (QED) is 0.756. The molecule has 0 radical (unpaired) electrons. The lowest BCUT2D eigenvalue weighted by Crippen LogP contribution is -2.00. The van der Waals surface area contributed by atoms with E-state index >= 15 is 0 Å². The van der Waals surface area contributed by atoms with Crippen LogP contribution in [0.25, 0.3) is 10.8 Å². The summed E-state index contributed by atoms with van der Waals surface area (Å²) in [5.41, 5.74) is 1.94. The van der Waals surface area contributed by atoms with Gasteiger partial charge in [0.15, 0.2) is 0 Å². The average Bonchev–Trinajstić information content (AvgIpc) is 2.44. The first-order valence-corrected chi connectivity index (χ1v) is 6.27. The molecule has 0 bridgehead atoms. The molecule has 0 aromatic heterocycles. The van der Waals surface area contributed by atoms with Gasteiger partial charge in [-0.2, -0.15) is 0 Å². The SMILES string of the molecule is CCC(C)c1ccc2cc(C(=O)OC)ccc2c1. The molecule has 2 rings (SSSR count). The Hall–Kier alpha value is -1.83. The largest absolute Gasteiger partial charge is 0.465 e. The van der Waals surface area contributed by atoms with Crippen molar-refractivity contribution in [3.63, 3.8) is 0 Å². The molecule has 0 saturated carbocycles. The molecule has 0 saturated heterocycles. The second-order valence-corrected chi connectivity index (χ2v) is 4.62. The van der Waals surface area contributed by atoms with Gasteiger partial charge in [0, 0.05) is 0 Å². The zero-order valence-corrected chi connectivity index (χ0v) is 11.1. The Labute approximate surface area is 108 Å². The number of fused-ring (bicyclic) bond motifs is 1. The highest BCUT2D eigenvalue weighted by Crippen LogP contribution is 2.24. The minimum Gasteiger partial charge on any atom is -0.465 e. The molecule has 0 aliphatic carbocycles. The molecule has 2 aromatic rings. The summed E-state index contributed by atoms with van der Waals surface area (Å²) in [6.07, 6.45) is 1.13. The fraction of sp³-hybridized carbons (Fsp3) is 0.312. The molecular formula is C16H18O2. The van der Waals surface area contributed by atoms with E-state index in [1.807, 2.05) is 18.2 Å². The van der Waals surface area contributed by atoms with Crippen LogP contribution in [0.1, 0.15) is 42.1 Å². The molecule has 1 atom stereocenters. The average molecular weight is 242 g/mol. The van der Waals surface area contributed by atoms with Crippen molar-refractivity contribution in [1.29, 1.82) is 0 Å². The van der Waals surface area contributed by atoms with Gasteiger partial charge in [-0.15, -0.1) is 0 Å². The van der Waals surface area contributed by atoms with Crippen molar-refractivity contribution in [2.24, 2.45) is 0 Å². The number of esters is 1. The molecule has 1 unspecified atom stereocenters. The molecule has 2 aromatic carbocycles. The molecule has 0 aliphatic heterocycles. The zero-order chi connectivity index (χ0) is 13.1. The summed E-state index contributed by atoms with van der Waals surface area (Å²) < 4.78 is 4.73. The number of hydrogen-bond acceptors (Lipinski definition) is 2. The van der Waals surface area contributed by atoms with Gasteiger partial charge < -0.3 is 4.74 Å². The molecule has 0 aliphatic rings. The number of benzene rings is 2. The Bertz CT molecular complexity index is 572. The number of hydrogen-bond donors (Lipinski definition) is 0. The summed E-state index contributed by atoms with van der Waals surface area (Å²) in [6.45, 7) is 4.42. The summed E-state index contributed by atoms with van der Waals surface area (Å²) in [4.78, 5) is 11.5.